The third kappa shape index (κ3) is 2.38. The van der Waals surface area contributed by atoms with Gasteiger partial charge >= 0.3 is 6.01 Å². The average molecular weight is 307 g/mol. The largest absolute Gasteiger partial charge is 0.461 e. The molecule has 0 bridgehead atoms. The van der Waals surface area contributed by atoms with E-state index in [0.717, 1.165) is 6.42 Å². The molecule has 120 valence electrons. The lowest BCUT2D eigenvalue weighted by Gasteiger charge is -2.43. The van der Waals surface area contributed by atoms with Crippen molar-refractivity contribution in [1.29, 1.82) is 0 Å². The highest BCUT2D eigenvalue weighted by Crippen LogP contribution is 2.44. The smallest absolute Gasteiger partial charge is 0.320 e. The summed E-state index contributed by atoms with van der Waals surface area (Å²) in [5.74, 6) is 0.379. The molecule has 3 atom stereocenters. The van der Waals surface area contributed by atoms with Crippen molar-refractivity contribution < 1.29 is 14.9 Å². The molecule has 0 spiro atoms. The van der Waals surface area contributed by atoms with Crippen molar-refractivity contribution in [1.82, 2.24) is 19.5 Å². The number of aliphatic hydroxyl groups is 2. The van der Waals surface area contributed by atoms with Gasteiger partial charge in [-0.25, -0.2) is 4.98 Å². The molecule has 0 unspecified atom stereocenters. The van der Waals surface area contributed by atoms with Crippen molar-refractivity contribution in [3.8, 4) is 6.01 Å². The first-order chi connectivity index (χ1) is 10.5. The summed E-state index contributed by atoms with van der Waals surface area (Å²) in [5, 5.41) is 18.8. The third-order valence-electron chi connectivity index (χ3n) is 4.22. The van der Waals surface area contributed by atoms with Gasteiger partial charge in [0.25, 0.3) is 0 Å². The second kappa shape index (κ2) is 5.69. The van der Waals surface area contributed by atoms with Gasteiger partial charge in [-0.1, -0.05) is 0 Å². The maximum absolute atomic E-state index is 9.53. The first kappa shape index (κ1) is 15.0. The summed E-state index contributed by atoms with van der Waals surface area (Å²) in [6.45, 7) is 3.87. The van der Waals surface area contributed by atoms with Crippen LogP contribution >= 0.6 is 0 Å². The minimum atomic E-state index is -0.0547. The predicted molar refractivity (Wildman–Crippen MR) is 80.3 cm³/mol. The second-order valence-electron chi connectivity index (χ2n) is 5.97. The molecule has 0 radical (unpaired) electrons. The lowest BCUT2D eigenvalue weighted by molar-refractivity contribution is -0.00532. The summed E-state index contributed by atoms with van der Waals surface area (Å²) >= 11 is 0. The lowest BCUT2D eigenvalue weighted by Crippen LogP contribution is -2.42. The summed E-state index contributed by atoms with van der Waals surface area (Å²) in [6.07, 6.45) is 2.38. The molecule has 2 aromatic heterocycles. The Kier molecular flexibility index (Phi) is 3.88. The molecule has 22 heavy (non-hydrogen) atoms. The molecular weight excluding hydrogens is 286 g/mol. The number of fused-ring (bicyclic) bond motifs is 1. The highest BCUT2D eigenvalue weighted by molar-refractivity contribution is 5.82. The zero-order chi connectivity index (χ0) is 15.9. The minimum absolute atomic E-state index is 0.00643. The number of ether oxygens (including phenoxy) is 1. The predicted octanol–water partition coefficient (Wildman–Crippen LogP) is 0.357. The number of rotatable bonds is 5. The van der Waals surface area contributed by atoms with E-state index in [1.54, 1.807) is 6.33 Å². The van der Waals surface area contributed by atoms with Crippen LogP contribution in [0.2, 0.25) is 0 Å². The number of imidazole rings is 1. The molecule has 3 rings (SSSR count). The zero-order valence-electron chi connectivity index (χ0n) is 12.7. The van der Waals surface area contributed by atoms with E-state index >= 15 is 0 Å². The molecule has 1 aliphatic rings. The topological polar surface area (TPSA) is 119 Å². The molecule has 0 saturated heterocycles. The fraction of sp³-hybridized carbons (Fsp3) is 0.643. The van der Waals surface area contributed by atoms with Crippen LogP contribution in [0.15, 0.2) is 6.33 Å². The van der Waals surface area contributed by atoms with Gasteiger partial charge < -0.3 is 25.3 Å². The molecule has 1 fully saturated rings. The Morgan fingerprint density at radius 3 is 2.77 bits per heavy atom. The van der Waals surface area contributed by atoms with Gasteiger partial charge in [-0.05, 0) is 26.2 Å². The second-order valence-corrected chi connectivity index (χ2v) is 5.97. The summed E-state index contributed by atoms with van der Waals surface area (Å²) in [4.78, 5) is 12.8. The van der Waals surface area contributed by atoms with E-state index in [0.29, 0.717) is 11.2 Å². The normalized spacial score (nSPS) is 24.7. The van der Waals surface area contributed by atoms with Gasteiger partial charge in [0.1, 0.15) is 0 Å². The summed E-state index contributed by atoms with van der Waals surface area (Å²) < 4.78 is 7.42. The number of hydrogen-bond acceptors (Lipinski definition) is 7. The van der Waals surface area contributed by atoms with Gasteiger partial charge in [0.05, 0.1) is 12.4 Å². The lowest BCUT2D eigenvalue weighted by atomic mass is 9.70. The standard InChI is InChI=1S/C14H21N5O3/c1-7(2)22-14-17-12(15)11-13(18-14)19(6-16-11)10-3-8(4-20)9(10)5-21/h6-10,20-21H,3-5H2,1-2H3,(H2,15,17,18)/t8-,9-,10-/m1/s1. The monoisotopic (exact) mass is 307 g/mol. The number of nitrogens with zero attached hydrogens (tertiary/aromatic N) is 4. The SMILES string of the molecule is CC(C)Oc1nc(N)c2ncn([C@@H]3C[C@H](CO)[C@H]3CO)c2n1. The first-order valence-corrected chi connectivity index (χ1v) is 7.43. The van der Waals surface area contributed by atoms with Crippen LogP contribution in [0, 0.1) is 11.8 Å². The Morgan fingerprint density at radius 2 is 2.14 bits per heavy atom. The van der Waals surface area contributed by atoms with Gasteiger partial charge in [-0.2, -0.15) is 9.97 Å². The van der Waals surface area contributed by atoms with Gasteiger partial charge in [-0.3, -0.25) is 0 Å². The summed E-state index contributed by atoms with van der Waals surface area (Å²) in [7, 11) is 0. The van der Waals surface area contributed by atoms with Crippen LogP contribution in [-0.2, 0) is 0 Å². The Labute approximate surface area is 128 Å². The van der Waals surface area contributed by atoms with Crippen LogP contribution in [0.5, 0.6) is 6.01 Å². The van der Waals surface area contributed by atoms with Gasteiger partial charge in [0.15, 0.2) is 17.0 Å². The first-order valence-electron chi connectivity index (χ1n) is 7.43. The van der Waals surface area contributed by atoms with E-state index in [1.165, 1.54) is 0 Å². The summed E-state index contributed by atoms with van der Waals surface area (Å²) in [5.41, 5.74) is 7.06. The van der Waals surface area contributed by atoms with Crippen LogP contribution in [0.3, 0.4) is 0 Å². The Balaban J connectivity index is 1.99. The van der Waals surface area contributed by atoms with Gasteiger partial charge in [0, 0.05) is 25.2 Å². The summed E-state index contributed by atoms with van der Waals surface area (Å²) in [6, 6.07) is 0.272. The molecule has 0 aromatic carbocycles. The number of nitrogen functional groups attached to an aromatic ring is 1. The molecule has 1 aliphatic carbocycles. The minimum Gasteiger partial charge on any atom is -0.461 e. The molecule has 0 aliphatic heterocycles. The third-order valence-corrected chi connectivity index (χ3v) is 4.22. The van der Waals surface area contributed by atoms with Crippen molar-refractivity contribution >= 4 is 17.0 Å². The molecule has 0 amide bonds. The van der Waals surface area contributed by atoms with Crippen molar-refractivity contribution in [2.24, 2.45) is 11.8 Å². The molecular formula is C14H21N5O3. The Hall–Kier alpha value is -1.93. The van der Waals surface area contributed by atoms with Crippen LogP contribution in [0.4, 0.5) is 5.82 Å². The van der Waals surface area contributed by atoms with Crippen molar-refractivity contribution in [3.05, 3.63) is 6.33 Å². The van der Waals surface area contributed by atoms with Gasteiger partial charge in [-0.15, -0.1) is 0 Å². The maximum atomic E-state index is 9.53. The Morgan fingerprint density at radius 1 is 1.36 bits per heavy atom. The zero-order valence-corrected chi connectivity index (χ0v) is 12.7. The molecule has 2 aromatic rings. The van der Waals surface area contributed by atoms with E-state index in [2.05, 4.69) is 15.0 Å². The maximum Gasteiger partial charge on any atom is 0.320 e. The molecule has 2 heterocycles. The number of aliphatic hydroxyl groups excluding tert-OH is 2. The Bertz CT molecular complexity index is 672. The highest BCUT2D eigenvalue weighted by atomic mass is 16.5. The van der Waals surface area contributed by atoms with Crippen LogP contribution in [0.25, 0.3) is 11.2 Å². The number of hydrogen-bond donors (Lipinski definition) is 3. The van der Waals surface area contributed by atoms with E-state index in [4.69, 9.17) is 10.5 Å². The van der Waals surface area contributed by atoms with E-state index in [1.807, 2.05) is 18.4 Å². The molecule has 8 nitrogen and oxygen atoms in total. The highest BCUT2D eigenvalue weighted by Gasteiger charge is 2.42. The molecule has 4 N–H and O–H groups in total. The van der Waals surface area contributed by atoms with E-state index < -0.39 is 0 Å². The average Bonchev–Trinajstić information content (AvgIpc) is 2.82. The molecule has 8 heteroatoms. The quantitative estimate of drug-likeness (QED) is 0.729. The number of anilines is 1. The van der Waals surface area contributed by atoms with Crippen LogP contribution < -0.4 is 10.5 Å². The number of nitrogens with two attached hydrogens (primary N) is 1. The number of aromatic nitrogens is 4. The van der Waals surface area contributed by atoms with Crippen LogP contribution in [0.1, 0.15) is 26.3 Å². The van der Waals surface area contributed by atoms with E-state index in [-0.39, 0.29) is 49.0 Å². The van der Waals surface area contributed by atoms with Crippen LogP contribution in [-0.4, -0.2) is 49.0 Å². The van der Waals surface area contributed by atoms with Crippen molar-refractivity contribution in [2.45, 2.75) is 32.4 Å². The van der Waals surface area contributed by atoms with Crippen molar-refractivity contribution in [2.75, 3.05) is 18.9 Å². The van der Waals surface area contributed by atoms with Gasteiger partial charge in [0.2, 0.25) is 0 Å². The fourth-order valence-electron chi connectivity index (χ4n) is 3.00. The molecule has 1 saturated carbocycles. The fourth-order valence-corrected chi connectivity index (χ4v) is 3.00. The van der Waals surface area contributed by atoms with Crippen molar-refractivity contribution in [3.63, 3.8) is 0 Å². The van der Waals surface area contributed by atoms with E-state index in [9.17, 15) is 10.2 Å².